The van der Waals surface area contributed by atoms with Gasteiger partial charge in [0.2, 0.25) is 0 Å². The second kappa shape index (κ2) is 4.60. The Morgan fingerprint density at radius 3 is 2.36 bits per heavy atom. The molecule has 14 heavy (non-hydrogen) atoms. The highest BCUT2D eigenvalue weighted by Gasteiger charge is 2.15. The van der Waals surface area contributed by atoms with Crippen molar-refractivity contribution >= 4 is 0 Å². The molecule has 0 aromatic carbocycles. The van der Waals surface area contributed by atoms with Crippen LogP contribution >= 0.6 is 0 Å². The Labute approximate surface area is 85.5 Å². The van der Waals surface area contributed by atoms with Gasteiger partial charge in [-0.3, -0.25) is 5.10 Å². The molecule has 0 atom stereocenters. The van der Waals surface area contributed by atoms with Gasteiger partial charge in [0.1, 0.15) is 0 Å². The molecule has 0 aliphatic carbocycles. The van der Waals surface area contributed by atoms with E-state index in [1.54, 1.807) is 0 Å². The molecule has 0 spiro atoms. The highest BCUT2D eigenvalue weighted by molar-refractivity contribution is 5.27. The Kier molecular flexibility index (Phi) is 3.69. The molecule has 0 radical (unpaired) electrons. The highest BCUT2D eigenvalue weighted by Crippen LogP contribution is 2.21. The van der Waals surface area contributed by atoms with Crippen LogP contribution in [0.5, 0.6) is 0 Å². The predicted molar refractivity (Wildman–Crippen MR) is 57.1 cm³/mol. The number of hydrogen-bond acceptors (Lipinski definition) is 2. The van der Waals surface area contributed by atoms with Gasteiger partial charge in [0.15, 0.2) is 0 Å². The van der Waals surface area contributed by atoms with Crippen LogP contribution in [0.1, 0.15) is 50.6 Å². The number of rotatable bonds is 4. The van der Waals surface area contributed by atoms with Crippen LogP contribution in [0.25, 0.3) is 0 Å². The zero-order valence-electron chi connectivity index (χ0n) is 9.46. The molecule has 3 heteroatoms. The first kappa shape index (κ1) is 11.2. The minimum atomic E-state index is 0.0894. The minimum Gasteiger partial charge on any atom is -0.392 e. The number of H-pyrrole nitrogens is 1. The molecule has 0 saturated heterocycles. The molecule has 0 saturated carbocycles. The molecule has 1 aromatic rings. The van der Waals surface area contributed by atoms with E-state index in [9.17, 15) is 5.11 Å². The Morgan fingerprint density at radius 1 is 1.29 bits per heavy atom. The first-order valence-electron chi connectivity index (χ1n) is 5.23. The topological polar surface area (TPSA) is 48.9 Å². The van der Waals surface area contributed by atoms with E-state index in [1.165, 1.54) is 0 Å². The fourth-order valence-corrected chi connectivity index (χ4v) is 1.65. The first-order valence-corrected chi connectivity index (χ1v) is 5.23. The van der Waals surface area contributed by atoms with Gasteiger partial charge in [-0.1, -0.05) is 27.7 Å². The lowest BCUT2D eigenvalue weighted by Crippen LogP contribution is -2.00. The van der Waals surface area contributed by atoms with Gasteiger partial charge in [0.25, 0.3) is 0 Å². The largest absolute Gasteiger partial charge is 0.392 e. The van der Waals surface area contributed by atoms with Crippen LogP contribution < -0.4 is 0 Å². The average molecular weight is 196 g/mol. The maximum Gasteiger partial charge on any atom is 0.0718 e. The van der Waals surface area contributed by atoms with Crippen LogP contribution in [0, 0.1) is 5.92 Å². The zero-order valence-corrected chi connectivity index (χ0v) is 9.46. The number of aliphatic hydroxyl groups excluding tert-OH is 1. The van der Waals surface area contributed by atoms with Crippen molar-refractivity contribution in [2.24, 2.45) is 5.92 Å². The summed E-state index contributed by atoms with van der Waals surface area (Å²) in [7, 11) is 0. The summed E-state index contributed by atoms with van der Waals surface area (Å²) >= 11 is 0. The van der Waals surface area contributed by atoms with Crippen LogP contribution in [0.15, 0.2) is 0 Å². The number of aliphatic hydroxyl groups is 1. The Morgan fingerprint density at radius 2 is 1.93 bits per heavy atom. The number of nitrogens with one attached hydrogen (secondary N) is 1. The van der Waals surface area contributed by atoms with Crippen molar-refractivity contribution in [3.63, 3.8) is 0 Å². The van der Waals surface area contributed by atoms with Gasteiger partial charge in [-0.2, -0.15) is 5.10 Å². The lowest BCUT2D eigenvalue weighted by atomic mass is 10.00. The highest BCUT2D eigenvalue weighted by atomic mass is 16.3. The van der Waals surface area contributed by atoms with Crippen LogP contribution in [0.2, 0.25) is 0 Å². The van der Waals surface area contributed by atoms with E-state index >= 15 is 0 Å². The van der Waals surface area contributed by atoms with Gasteiger partial charge >= 0.3 is 0 Å². The normalized spacial score (nSPS) is 11.6. The van der Waals surface area contributed by atoms with Crippen molar-refractivity contribution in [2.45, 2.75) is 46.6 Å². The molecule has 0 bridgehead atoms. The summed E-state index contributed by atoms with van der Waals surface area (Å²) in [4.78, 5) is 0. The molecule has 0 fully saturated rings. The van der Waals surface area contributed by atoms with E-state index in [0.29, 0.717) is 11.8 Å². The molecule has 1 rings (SSSR count). The maximum atomic E-state index is 9.29. The Hall–Kier alpha value is -0.830. The second-order valence-electron chi connectivity index (χ2n) is 4.48. The third kappa shape index (κ3) is 2.35. The molecule has 0 unspecified atom stereocenters. The van der Waals surface area contributed by atoms with E-state index in [0.717, 1.165) is 23.4 Å². The summed E-state index contributed by atoms with van der Waals surface area (Å²) in [5, 5.41) is 16.6. The summed E-state index contributed by atoms with van der Waals surface area (Å²) in [6.45, 7) is 8.60. The molecule has 80 valence electrons. The molecule has 0 amide bonds. The number of aromatic amines is 1. The second-order valence-corrected chi connectivity index (χ2v) is 4.48. The number of aromatic nitrogens is 2. The van der Waals surface area contributed by atoms with E-state index in [2.05, 4.69) is 37.9 Å². The van der Waals surface area contributed by atoms with Crippen LogP contribution in [0.4, 0.5) is 0 Å². The monoisotopic (exact) mass is 196 g/mol. The predicted octanol–water partition coefficient (Wildman–Crippen LogP) is 2.22. The quantitative estimate of drug-likeness (QED) is 0.775. The summed E-state index contributed by atoms with van der Waals surface area (Å²) in [6, 6.07) is 0. The van der Waals surface area contributed by atoms with Gasteiger partial charge in [0, 0.05) is 11.3 Å². The first-order chi connectivity index (χ1) is 6.56. The van der Waals surface area contributed by atoms with Crippen LogP contribution in [-0.2, 0) is 13.0 Å². The summed E-state index contributed by atoms with van der Waals surface area (Å²) in [5.74, 6) is 0.954. The van der Waals surface area contributed by atoms with E-state index < -0.39 is 0 Å². The lowest BCUT2D eigenvalue weighted by molar-refractivity contribution is 0.278. The summed E-state index contributed by atoms with van der Waals surface area (Å²) in [6.07, 6.45) is 0.954. The SMILES string of the molecule is CC(C)Cc1[nH]nc(C(C)C)c1CO. The lowest BCUT2D eigenvalue weighted by Gasteiger charge is -2.06. The van der Waals surface area contributed by atoms with Crippen LogP contribution in [0.3, 0.4) is 0 Å². The van der Waals surface area contributed by atoms with Gasteiger partial charge in [-0.25, -0.2) is 0 Å². The average Bonchev–Trinajstić information content (AvgIpc) is 2.46. The van der Waals surface area contributed by atoms with E-state index in [-0.39, 0.29) is 6.61 Å². The summed E-state index contributed by atoms with van der Waals surface area (Å²) in [5.41, 5.74) is 3.09. The van der Waals surface area contributed by atoms with Crippen molar-refractivity contribution in [3.8, 4) is 0 Å². The molecular formula is C11H20N2O. The van der Waals surface area contributed by atoms with Gasteiger partial charge in [-0.05, 0) is 18.3 Å². The van der Waals surface area contributed by atoms with Gasteiger partial charge < -0.3 is 5.11 Å². The third-order valence-electron chi connectivity index (χ3n) is 2.30. The Bertz CT molecular complexity index is 289. The van der Waals surface area contributed by atoms with E-state index in [4.69, 9.17) is 0 Å². The third-order valence-corrected chi connectivity index (χ3v) is 2.30. The zero-order chi connectivity index (χ0) is 10.7. The standard InChI is InChI=1S/C11H20N2O/c1-7(2)5-10-9(6-14)11(8(3)4)13-12-10/h7-8,14H,5-6H2,1-4H3,(H,12,13). The van der Waals surface area contributed by atoms with Crippen LogP contribution in [-0.4, -0.2) is 15.3 Å². The fourth-order valence-electron chi connectivity index (χ4n) is 1.65. The molecule has 2 N–H and O–H groups in total. The fraction of sp³-hybridized carbons (Fsp3) is 0.727. The maximum absolute atomic E-state index is 9.29. The van der Waals surface area contributed by atoms with Crippen molar-refractivity contribution in [1.29, 1.82) is 0 Å². The van der Waals surface area contributed by atoms with Crippen molar-refractivity contribution < 1.29 is 5.11 Å². The molecule has 1 heterocycles. The molecule has 0 aliphatic heterocycles. The molecule has 3 nitrogen and oxygen atoms in total. The minimum absolute atomic E-state index is 0.0894. The van der Waals surface area contributed by atoms with E-state index in [1.807, 2.05) is 0 Å². The van der Waals surface area contributed by atoms with Gasteiger partial charge in [-0.15, -0.1) is 0 Å². The Balaban J connectivity index is 2.95. The molecule has 0 aliphatic rings. The van der Waals surface area contributed by atoms with Crippen molar-refractivity contribution in [3.05, 3.63) is 17.0 Å². The van der Waals surface area contributed by atoms with Crippen molar-refractivity contribution in [2.75, 3.05) is 0 Å². The molecular weight excluding hydrogens is 176 g/mol. The van der Waals surface area contributed by atoms with Gasteiger partial charge in [0.05, 0.1) is 12.3 Å². The molecule has 1 aromatic heterocycles. The number of nitrogens with zero attached hydrogens (tertiary/aromatic N) is 1. The number of hydrogen-bond donors (Lipinski definition) is 2. The van der Waals surface area contributed by atoms with Crippen molar-refractivity contribution in [1.82, 2.24) is 10.2 Å². The summed E-state index contributed by atoms with van der Waals surface area (Å²) < 4.78 is 0. The smallest absolute Gasteiger partial charge is 0.0718 e.